The van der Waals surface area contributed by atoms with Gasteiger partial charge in [0.05, 0.1) is 5.75 Å². The molecule has 0 aliphatic carbocycles. The molecule has 8 heteroatoms. The molecule has 2 heterocycles. The number of aryl methyl sites for hydroxylation is 1. The highest BCUT2D eigenvalue weighted by molar-refractivity contribution is 9.10. The van der Waals surface area contributed by atoms with Crippen LogP contribution in [0.5, 0.6) is 0 Å². The molecule has 1 aromatic carbocycles. The molecule has 0 saturated heterocycles. The summed E-state index contributed by atoms with van der Waals surface area (Å²) in [7, 11) is 1.70. The van der Waals surface area contributed by atoms with E-state index < -0.39 is 0 Å². The Balaban J connectivity index is 1.64. The molecule has 28 heavy (non-hydrogen) atoms. The number of Topliss-reactive ketones (excluding diaryl/α,β-unsaturated/α-hetero) is 1. The third-order valence-electron chi connectivity index (χ3n) is 4.41. The number of hydrogen-bond donors (Lipinski definition) is 0. The lowest BCUT2D eigenvalue weighted by molar-refractivity contribution is 0.102. The van der Waals surface area contributed by atoms with Gasteiger partial charge in [-0.3, -0.25) is 4.79 Å². The SMILES string of the molecule is COCCCn1c(C)cc(C(=O)CSc2nnc(-c3cccc(Br)c3)o2)c1C. The summed E-state index contributed by atoms with van der Waals surface area (Å²) in [6, 6.07) is 9.59. The van der Waals surface area contributed by atoms with Gasteiger partial charge in [0.15, 0.2) is 5.78 Å². The van der Waals surface area contributed by atoms with Crippen LogP contribution in [0.1, 0.15) is 28.2 Å². The molecule has 6 nitrogen and oxygen atoms in total. The number of hydrogen-bond acceptors (Lipinski definition) is 6. The summed E-state index contributed by atoms with van der Waals surface area (Å²) >= 11 is 4.69. The van der Waals surface area contributed by atoms with E-state index in [9.17, 15) is 4.79 Å². The van der Waals surface area contributed by atoms with Crippen LogP contribution in [0.15, 0.2) is 44.4 Å². The summed E-state index contributed by atoms with van der Waals surface area (Å²) in [5, 5.41) is 8.50. The number of aromatic nitrogens is 3. The summed E-state index contributed by atoms with van der Waals surface area (Å²) in [5.74, 6) is 0.744. The van der Waals surface area contributed by atoms with Crippen molar-refractivity contribution in [2.45, 2.75) is 32.0 Å². The van der Waals surface area contributed by atoms with Gasteiger partial charge in [-0.05, 0) is 44.5 Å². The summed E-state index contributed by atoms with van der Waals surface area (Å²) in [5.41, 5.74) is 3.64. The quantitative estimate of drug-likeness (QED) is 0.254. The fourth-order valence-electron chi connectivity index (χ4n) is 3.01. The zero-order valence-electron chi connectivity index (χ0n) is 16.1. The predicted molar refractivity (Wildman–Crippen MR) is 113 cm³/mol. The second-order valence-corrected chi connectivity index (χ2v) is 8.22. The Kier molecular flexibility index (Phi) is 7.09. The van der Waals surface area contributed by atoms with Gasteiger partial charge in [-0.2, -0.15) is 0 Å². The van der Waals surface area contributed by atoms with Crippen LogP contribution in [0, 0.1) is 13.8 Å². The molecule has 0 fully saturated rings. The lowest BCUT2D eigenvalue weighted by atomic mass is 10.2. The molecule has 0 radical (unpaired) electrons. The third-order valence-corrected chi connectivity index (χ3v) is 5.72. The van der Waals surface area contributed by atoms with E-state index >= 15 is 0 Å². The molecule has 0 spiro atoms. The number of ether oxygens (including phenoxy) is 1. The minimum atomic E-state index is 0.0540. The van der Waals surface area contributed by atoms with Crippen LogP contribution in [0.2, 0.25) is 0 Å². The van der Waals surface area contributed by atoms with Crippen molar-refractivity contribution in [1.29, 1.82) is 0 Å². The maximum atomic E-state index is 12.7. The Bertz CT molecular complexity index is 968. The van der Waals surface area contributed by atoms with Gasteiger partial charge in [0.2, 0.25) is 5.89 Å². The van der Waals surface area contributed by atoms with Crippen molar-refractivity contribution >= 4 is 33.5 Å². The molecule has 0 N–H and O–H groups in total. The maximum absolute atomic E-state index is 12.7. The van der Waals surface area contributed by atoms with Crippen molar-refractivity contribution in [1.82, 2.24) is 14.8 Å². The van der Waals surface area contributed by atoms with Gasteiger partial charge in [-0.15, -0.1) is 10.2 Å². The van der Waals surface area contributed by atoms with Crippen LogP contribution in [0.25, 0.3) is 11.5 Å². The molecule has 0 aliphatic heterocycles. The van der Waals surface area contributed by atoms with E-state index in [1.807, 2.05) is 44.2 Å². The van der Waals surface area contributed by atoms with Crippen LogP contribution in [0.4, 0.5) is 0 Å². The van der Waals surface area contributed by atoms with Gasteiger partial charge >= 0.3 is 0 Å². The normalized spacial score (nSPS) is 11.1. The van der Waals surface area contributed by atoms with E-state index in [-0.39, 0.29) is 11.5 Å². The molecule has 0 amide bonds. The maximum Gasteiger partial charge on any atom is 0.277 e. The number of ketones is 1. The first-order valence-corrected chi connectivity index (χ1v) is 10.7. The Hall–Kier alpha value is -1.90. The fourth-order valence-corrected chi connectivity index (χ4v) is 4.05. The largest absolute Gasteiger partial charge is 0.411 e. The molecule has 0 bridgehead atoms. The first-order chi connectivity index (χ1) is 13.5. The Morgan fingerprint density at radius 2 is 2.11 bits per heavy atom. The highest BCUT2D eigenvalue weighted by atomic mass is 79.9. The monoisotopic (exact) mass is 463 g/mol. The first-order valence-electron chi connectivity index (χ1n) is 8.90. The molecule has 3 rings (SSSR count). The van der Waals surface area contributed by atoms with E-state index in [0.717, 1.165) is 40.0 Å². The van der Waals surface area contributed by atoms with E-state index in [0.29, 0.717) is 17.7 Å². The summed E-state index contributed by atoms with van der Waals surface area (Å²) in [6.45, 7) is 5.54. The smallest absolute Gasteiger partial charge is 0.277 e. The minimum absolute atomic E-state index is 0.0540. The van der Waals surface area contributed by atoms with Gasteiger partial charge in [0.1, 0.15) is 0 Å². The van der Waals surface area contributed by atoms with Crippen LogP contribution in [-0.4, -0.2) is 40.0 Å². The summed E-state index contributed by atoms with van der Waals surface area (Å²) < 4.78 is 13.9. The van der Waals surface area contributed by atoms with E-state index in [1.165, 1.54) is 11.8 Å². The van der Waals surface area contributed by atoms with Gasteiger partial charge in [0, 0.05) is 47.2 Å². The van der Waals surface area contributed by atoms with Crippen LogP contribution >= 0.6 is 27.7 Å². The second kappa shape index (κ2) is 9.54. The minimum Gasteiger partial charge on any atom is -0.411 e. The second-order valence-electron chi connectivity index (χ2n) is 6.38. The number of methoxy groups -OCH3 is 1. The molecule has 0 atom stereocenters. The fraction of sp³-hybridized carbons (Fsp3) is 0.350. The van der Waals surface area contributed by atoms with Gasteiger partial charge < -0.3 is 13.7 Å². The highest BCUT2D eigenvalue weighted by Crippen LogP contribution is 2.26. The number of carbonyl (C=O) groups excluding carboxylic acids is 1. The standard InChI is InChI=1S/C20H22BrN3O3S/c1-13-10-17(14(2)24(13)8-5-9-26-3)18(25)12-28-20-23-22-19(27-20)15-6-4-7-16(21)11-15/h4,6-7,10-11H,5,8-9,12H2,1-3H3. The number of benzene rings is 1. The number of carbonyl (C=O) groups is 1. The summed E-state index contributed by atoms with van der Waals surface area (Å²) in [4.78, 5) is 12.7. The Labute approximate surface area is 176 Å². The lowest BCUT2D eigenvalue weighted by Gasteiger charge is -2.09. The van der Waals surface area contributed by atoms with E-state index in [4.69, 9.17) is 9.15 Å². The Morgan fingerprint density at radius 3 is 2.86 bits per heavy atom. The van der Waals surface area contributed by atoms with Crippen molar-refractivity contribution in [2.24, 2.45) is 0 Å². The molecule has 148 valence electrons. The van der Waals surface area contributed by atoms with E-state index in [1.54, 1.807) is 7.11 Å². The molecule has 0 aliphatic rings. The predicted octanol–water partition coefficient (Wildman–Crippen LogP) is 4.93. The molecule has 2 aromatic heterocycles. The van der Waals surface area contributed by atoms with Gasteiger partial charge in [0.25, 0.3) is 5.22 Å². The van der Waals surface area contributed by atoms with Crippen molar-refractivity contribution in [3.8, 4) is 11.5 Å². The zero-order valence-corrected chi connectivity index (χ0v) is 18.5. The third kappa shape index (κ3) is 4.92. The van der Waals surface area contributed by atoms with Crippen molar-refractivity contribution in [2.75, 3.05) is 19.5 Å². The lowest BCUT2D eigenvalue weighted by Crippen LogP contribution is -2.08. The molecule has 3 aromatic rings. The number of nitrogens with zero attached hydrogens (tertiary/aromatic N) is 3. The molecular weight excluding hydrogens is 442 g/mol. The highest BCUT2D eigenvalue weighted by Gasteiger charge is 2.17. The molecule has 0 saturated carbocycles. The molecule has 0 unspecified atom stereocenters. The van der Waals surface area contributed by atoms with Crippen molar-refractivity contribution < 1.29 is 13.9 Å². The van der Waals surface area contributed by atoms with E-state index in [2.05, 4.69) is 30.7 Å². The van der Waals surface area contributed by atoms with Gasteiger partial charge in [-0.1, -0.05) is 33.8 Å². The van der Waals surface area contributed by atoms with Gasteiger partial charge in [-0.25, -0.2) is 0 Å². The number of halogens is 1. The number of thioether (sulfide) groups is 1. The Morgan fingerprint density at radius 1 is 1.29 bits per heavy atom. The van der Waals surface area contributed by atoms with Crippen LogP contribution in [-0.2, 0) is 11.3 Å². The summed E-state index contributed by atoms with van der Waals surface area (Å²) in [6.07, 6.45) is 0.912. The molecular formula is C20H22BrN3O3S. The first kappa shape index (κ1) is 20.8. The van der Waals surface area contributed by atoms with Crippen LogP contribution in [0.3, 0.4) is 0 Å². The van der Waals surface area contributed by atoms with Crippen molar-refractivity contribution in [3.63, 3.8) is 0 Å². The van der Waals surface area contributed by atoms with Crippen molar-refractivity contribution in [3.05, 3.63) is 51.8 Å². The average molecular weight is 464 g/mol. The zero-order chi connectivity index (χ0) is 20.1. The number of rotatable bonds is 9. The van der Waals surface area contributed by atoms with Crippen LogP contribution < -0.4 is 0 Å². The topological polar surface area (TPSA) is 70.2 Å². The average Bonchev–Trinajstić information content (AvgIpc) is 3.26.